The van der Waals surface area contributed by atoms with Crippen molar-refractivity contribution >= 4 is 23.9 Å². The van der Waals surface area contributed by atoms with Gasteiger partial charge in [-0.3, -0.25) is 0 Å². The number of aromatic nitrogens is 3. The highest BCUT2D eigenvalue weighted by Gasteiger charge is 2.35. The van der Waals surface area contributed by atoms with E-state index in [-0.39, 0.29) is 24.8 Å². The van der Waals surface area contributed by atoms with Crippen LogP contribution in [0.2, 0.25) is 0 Å². The van der Waals surface area contributed by atoms with Crippen LogP contribution in [0.25, 0.3) is 0 Å². The second-order valence-electron chi connectivity index (χ2n) is 8.68. The maximum atomic E-state index is 12.8. The van der Waals surface area contributed by atoms with Crippen LogP contribution in [0.15, 0.2) is 41.8 Å². The molecule has 0 saturated carbocycles. The van der Waals surface area contributed by atoms with E-state index in [2.05, 4.69) is 10.2 Å². The van der Waals surface area contributed by atoms with Gasteiger partial charge in [-0.1, -0.05) is 42.1 Å². The fraction of sp³-hybridized carbons (Fsp3) is 0.545. The molecule has 0 bridgehead atoms. The van der Waals surface area contributed by atoms with Crippen molar-refractivity contribution in [2.24, 2.45) is 7.05 Å². The van der Waals surface area contributed by atoms with E-state index < -0.39 is 5.60 Å². The first-order valence-corrected chi connectivity index (χ1v) is 11.6. The average molecular weight is 462 g/mol. The van der Waals surface area contributed by atoms with Crippen molar-refractivity contribution in [2.45, 2.75) is 50.6 Å². The highest BCUT2D eigenvalue weighted by Crippen LogP contribution is 2.22. The summed E-state index contributed by atoms with van der Waals surface area (Å²) in [7, 11) is 1.89. The van der Waals surface area contributed by atoms with Crippen molar-refractivity contribution in [3.63, 3.8) is 0 Å². The van der Waals surface area contributed by atoms with Crippen molar-refractivity contribution in [3.8, 4) is 0 Å². The summed E-state index contributed by atoms with van der Waals surface area (Å²) in [5.74, 6) is 0.726. The maximum Gasteiger partial charge on any atom is 0.410 e. The van der Waals surface area contributed by atoms with E-state index in [0.29, 0.717) is 26.1 Å². The van der Waals surface area contributed by atoms with Crippen molar-refractivity contribution in [2.75, 3.05) is 25.4 Å². The molecule has 1 fully saturated rings. The number of rotatable bonds is 6. The van der Waals surface area contributed by atoms with E-state index >= 15 is 0 Å². The smallest absolute Gasteiger partial charge is 0.410 e. The SMILES string of the molecule is Cn1cnnc1SCC[C@@H]1CN(C(=O)OCc2ccccc2)CCN1C(=O)OC(C)(C)C. The standard InChI is InChI=1S/C22H31N5O4S/c1-22(2,3)31-21(29)27-12-11-26(20(28)30-15-17-8-6-5-7-9-17)14-18(27)10-13-32-19-24-23-16-25(19)4/h5-9,16,18H,10-15H2,1-4H3/t18-/m1/s1. The first-order valence-electron chi connectivity index (χ1n) is 10.6. The minimum absolute atomic E-state index is 0.177. The molecule has 1 aliphatic rings. The van der Waals surface area contributed by atoms with Crippen LogP contribution in [0.5, 0.6) is 0 Å². The second kappa shape index (κ2) is 10.7. The number of nitrogens with zero attached hydrogens (tertiary/aromatic N) is 5. The van der Waals surface area contributed by atoms with E-state index in [1.54, 1.807) is 27.9 Å². The number of amides is 2. The van der Waals surface area contributed by atoms with Crippen LogP contribution in [-0.2, 0) is 23.1 Å². The van der Waals surface area contributed by atoms with Gasteiger partial charge in [-0.25, -0.2) is 9.59 Å². The molecule has 0 radical (unpaired) electrons. The van der Waals surface area contributed by atoms with E-state index in [1.807, 2.05) is 62.7 Å². The Bertz CT molecular complexity index is 899. The molecule has 1 aliphatic heterocycles. The molecule has 0 aliphatic carbocycles. The Balaban J connectivity index is 1.61. The van der Waals surface area contributed by atoms with Gasteiger partial charge in [0.15, 0.2) is 5.16 Å². The number of thioether (sulfide) groups is 1. The summed E-state index contributed by atoms with van der Waals surface area (Å²) in [6, 6.07) is 9.40. The largest absolute Gasteiger partial charge is 0.445 e. The van der Waals surface area contributed by atoms with Crippen LogP contribution < -0.4 is 0 Å². The highest BCUT2D eigenvalue weighted by molar-refractivity contribution is 7.99. The van der Waals surface area contributed by atoms with Crippen molar-refractivity contribution in [1.29, 1.82) is 0 Å². The van der Waals surface area contributed by atoms with E-state index in [0.717, 1.165) is 16.5 Å². The number of piperazine rings is 1. The molecule has 1 saturated heterocycles. The third-order valence-corrected chi connectivity index (χ3v) is 5.99. The summed E-state index contributed by atoms with van der Waals surface area (Å²) in [6.45, 7) is 6.96. The molecule has 1 aromatic heterocycles. The molecule has 3 rings (SSSR count). The zero-order chi connectivity index (χ0) is 23.1. The first kappa shape index (κ1) is 23.9. The number of carbonyl (C=O) groups excluding carboxylic acids is 2. The van der Waals surface area contributed by atoms with Crippen molar-refractivity contribution < 1.29 is 19.1 Å². The summed E-state index contributed by atoms with van der Waals surface area (Å²) in [5.41, 5.74) is 0.352. The zero-order valence-electron chi connectivity index (χ0n) is 19.1. The average Bonchev–Trinajstić information content (AvgIpc) is 3.16. The van der Waals surface area contributed by atoms with Gasteiger partial charge in [0.1, 0.15) is 18.5 Å². The van der Waals surface area contributed by atoms with Crippen LogP contribution in [0.4, 0.5) is 9.59 Å². The first-order chi connectivity index (χ1) is 15.2. The molecule has 2 amide bonds. The van der Waals surface area contributed by atoms with E-state index in [1.165, 1.54) is 0 Å². The molecule has 0 unspecified atom stereocenters. The molecule has 0 spiro atoms. The van der Waals surface area contributed by atoms with Crippen LogP contribution >= 0.6 is 11.8 Å². The molecule has 1 atom stereocenters. The summed E-state index contributed by atoms with van der Waals surface area (Å²) >= 11 is 1.57. The van der Waals surface area contributed by atoms with Gasteiger partial charge in [0.05, 0.1) is 6.04 Å². The Morgan fingerprint density at radius 2 is 1.91 bits per heavy atom. The number of benzene rings is 1. The Morgan fingerprint density at radius 1 is 1.16 bits per heavy atom. The number of hydrogen-bond donors (Lipinski definition) is 0. The highest BCUT2D eigenvalue weighted by atomic mass is 32.2. The predicted molar refractivity (Wildman–Crippen MR) is 121 cm³/mol. The number of carbonyl (C=O) groups is 2. The maximum absolute atomic E-state index is 12.8. The lowest BCUT2D eigenvalue weighted by Gasteiger charge is -2.41. The van der Waals surface area contributed by atoms with Gasteiger partial charge in [0, 0.05) is 32.4 Å². The number of ether oxygens (including phenoxy) is 2. The summed E-state index contributed by atoms with van der Waals surface area (Å²) < 4.78 is 12.9. The molecular weight excluding hydrogens is 430 g/mol. The van der Waals surface area contributed by atoms with Gasteiger partial charge in [-0.05, 0) is 32.8 Å². The Labute approximate surface area is 193 Å². The molecule has 10 heteroatoms. The summed E-state index contributed by atoms with van der Waals surface area (Å²) in [5, 5.41) is 8.78. The monoisotopic (exact) mass is 461 g/mol. The Morgan fingerprint density at radius 3 is 2.56 bits per heavy atom. The normalized spacial score (nSPS) is 16.7. The van der Waals surface area contributed by atoms with Crippen LogP contribution in [0.1, 0.15) is 32.8 Å². The second-order valence-corrected chi connectivity index (χ2v) is 9.74. The van der Waals surface area contributed by atoms with Crippen LogP contribution in [-0.4, -0.2) is 73.8 Å². The van der Waals surface area contributed by atoms with Gasteiger partial charge >= 0.3 is 12.2 Å². The minimum atomic E-state index is -0.583. The predicted octanol–water partition coefficient (Wildman–Crippen LogP) is 3.56. The fourth-order valence-electron chi connectivity index (χ4n) is 3.33. The Kier molecular flexibility index (Phi) is 8.00. The topological polar surface area (TPSA) is 89.8 Å². The lowest BCUT2D eigenvalue weighted by molar-refractivity contribution is -0.00350. The molecule has 32 heavy (non-hydrogen) atoms. The number of aryl methyl sites for hydroxylation is 1. The molecular formula is C22H31N5O4S. The van der Waals surface area contributed by atoms with E-state index in [9.17, 15) is 9.59 Å². The third-order valence-electron chi connectivity index (χ3n) is 4.93. The molecule has 1 aromatic carbocycles. The van der Waals surface area contributed by atoms with Gasteiger partial charge in [0.25, 0.3) is 0 Å². The quantitative estimate of drug-likeness (QED) is 0.608. The minimum Gasteiger partial charge on any atom is -0.445 e. The Hall–Kier alpha value is -2.75. The van der Waals surface area contributed by atoms with Gasteiger partial charge in [-0.2, -0.15) is 0 Å². The molecule has 174 valence electrons. The van der Waals surface area contributed by atoms with Crippen molar-refractivity contribution in [3.05, 3.63) is 42.2 Å². The lowest BCUT2D eigenvalue weighted by atomic mass is 10.1. The molecule has 0 N–H and O–H groups in total. The van der Waals surface area contributed by atoms with Gasteiger partial charge in [-0.15, -0.1) is 10.2 Å². The van der Waals surface area contributed by atoms with Crippen LogP contribution in [0.3, 0.4) is 0 Å². The van der Waals surface area contributed by atoms with Crippen LogP contribution in [0, 0.1) is 0 Å². The number of hydrogen-bond acceptors (Lipinski definition) is 7. The fourth-order valence-corrected chi connectivity index (χ4v) is 4.26. The zero-order valence-corrected chi connectivity index (χ0v) is 19.9. The molecule has 9 nitrogen and oxygen atoms in total. The molecule has 2 heterocycles. The molecule has 2 aromatic rings. The third kappa shape index (κ3) is 6.88. The van der Waals surface area contributed by atoms with E-state index in [4.69, 9.17) is 9.47 Å². The summed E-state index contributed by atoms with van der Waals surface area (Å²) in [4.78, 5) is 28.9. The van der Waals surface area contributed by atoms with Crippen molar-refractivity contribution in [1.82, 2.24) is 24.6 Å². The van der Waals surface area contributed by atoms with Gasteiger partial charge < -0.3 is 23.8 Å². The lowest BCUT2D eigenvalue weighted by Crippen LogP contribution is -2.57. The summed E-state index contributed by atoms with van der Waals surface area (Å²) in [6.07, 6.45) is 1.60. The van der Waals surface area contributed by atoms with Gasteiger partial charge in [0.2, 0.25) is 0 Å².